The van der Waals surface area contributed by atoms with Gasteiger partial charge in [-0.3, -0.25) is 0 Å². The van der Waals surface area contributed by atoms with E-state index in [-0.39, 0.29) is 6.04 Å². The molecule has 1 atom stereocenters. The molecule has 4 nitrogen and oxygen atoms in total. The molecule has 1 fully saturated rings. The maximum Gasteiger partial charge on any atom is 0.407 e. The first-order valence-electron chi connectivity index (χ1n) is 7.59. The van der Waals surface area contributed by atoms with E-state index in [9.17, 15) is 9.18 Å². The third-order valence-corrected chi connectivity index (χ3v) is 3.41. The molecule has 20 heavy (non-hydrogen) atoms. The quantitative estimate of drug-likeness (QED) is 0.817. The van der Waals surface area contributed by atoms with Gasteiger partial charge in [-0.2, -0.15) is 0 Å². The van der Waals surface area contributed by atoms with Gasteiger partial charge in [-0.05, 0) is 40.5 Å². The Balaban J connectivity index is 2.19. The minimum absolute atomic E-state index is 0.0861. The van der Waals surface area contributed by atoms with Crippen LogP contribution in [-0.2, 0) is 4.74 Å². The SMILES string of the molecule is C[C@@H](CNCC1(F)CCCCC1)NC(=O)OC(C)(C)C. The third-order valence-electron chi connectivity index (χ3n) is 3.41. The molecule has 1 rings (SSSR count). The number of hydrogen-bond acceptors (Lipinski definition) is 3. The molecule has 1 aliphatic carbocycles. The summed E-state index contributed by atoms with van der Waals surface area (Å²) < 4.78 is 19.5. The fourth-order valence-electron chi connectivity index (χ4n) is 2.43. The summed E-state index contributed by atoms with van der Waals surface area (Å²) >= 11 is 0. The van der Waals surface area contributed by atoms with E-state index in [4.69, 9.17) is 4.74 Å². The summed E-state index contributed by atoms with van der Waals surface area (Å²) in [6.07, 6.45) is 3.96. The molecule has 1 aliphatic rings. The molecule has 0 unspecified atom stereocenters. The number of carbonyl (C=O) groups excluding carboxylic acids is 1. The summed E-state index contributed by atoms with van der Waals surface area (Å²) in [5.41, 5.74) is -1.56. The van der Waals surface area contributed by atoms with Crippen molar-refractivity contribution in [3.63, 3.8) is 0 Å². The molecule has 0 saturated heterocycles. The fourth-order valence-corrected chi connectivity index (χ4v) is 2.43. The lowest BCUT2D eigenvalue weighted by Crippen LogP contribution is -2.46. The van der Waals surface area contributed by atoms with Gasteiger partial charge in [-0.25, -0.2) is 9.18 Å². The zero-order valence-electron chi connectivity index (χ0n) is 13.2. The van der Waals surface area contributed by atoms with E-state index < -0.39 is 17.4 Å². The summed E-state index contributed by atoms with van der Waals surface area (Å²) in [4.78, 5) is 11.6. The zero-order valence-corrected chi connectivity index (χ0v) is 13.2. The van der Waals surface area contributed by atoms with Crippen LogP contribution in [0, 0.1) is 0 Å². The second-order valence-corrected chi connectivity index (χ2v) is 6.89. The van der Waals surface area contributed by atoms with E-state index in [1.165, 1.54) is 0 Å². The number of hydrogen-bond donors (Lipinski definition) is 2. The molecule has 1 saturated carbocycles. The Labute approximate surface area is 121 Å². The van der Waals surface area contributed by atoms with Crippen LogP contribution in [0.25, 0.3) is 0 Å². The largest absolute Gasteiger partial charge is 0.444 e. The lowest BCUT2D eigenvalue weighted by molar-refractivity contribution is 0.0506. The first-order chi connectivity index (χ1) is 9.20. The molecule has 0 aromatic heterocycles. The summed E-state index contributed by atoms with van der Waals surface area (Å²) in [5.74, 6) is 0. The van der Waals surface area contributed by atoms with Gasteiger partial charge in [0.15, 0.2) is 0 Å². The Bertz CT molecular complexity index is 309. The highest BCUT2D eigenvalue weighted by molar-refractivity contribution is 5.68. The summed E-state index contributed by atoms with van der Waals surface area (Å²) in [6, 6.07) is -0.0861. The standard InChI is InChI=1S/C15H29FN2O2/c1-12(18-13(19)20-14(2,3)4)10-17-11-15(16)8-6-5-7-9-15/h12,17H,5-11H2,1-4H3,(H,18,19)/t12-/m0/s1. The van der Waals surface area contributed by atoms with Crippen molar-refractivity contribution >= 4 is 6.09 Å². The number of rotatable bonds is 5. The maximum atomic E-state index is 14.3. The van der Waals surface area contributed by atoms with E-state index in [2.05, 4.69) is 10.6 Å². The Hall–Kier alpha value is -0.840. The van der Waals surface area contributed by atoms with E-state index >= 15 is 0 Å². The van der Waals surface area contributed by atoms with Gasteiger partial charge >= 0.3 is 6.09 Å². The molecule has 0 bridgehead atoms. The highest BCUT2D eigenvalue weighted by Gasteiger charge is 2.31. The Morgan fingerprint density at radius 2 is 1.90 bits per heavy atom. The molecule has 1 amide bonds. The lowest BCUT2D eigenvalue weighted by Gasteiger charge is -2.30. The predicted molar refractivity (Wildman–Crippen MR) is 78.6 cm³/mol. The monoisotopic (exact) mass is 288 g/mol. The van der Waals surface area contributed by atoms with E-state index in [1.807, 2.05) is 27.7 Å². The van der Waals surface area contributed by atoms with Crippen molar-refractivity contribution in [2.24, 2.45) is 0 Å². The molecule has 0 aromatic carbocycles. The minimum Gasteiger partial charge on any atom is -0.444 e. The molecule has 0 spiro atoms. The highest BCUT2D eigenvalue weighted by atomic mass is 19.1. The normalized spacial score (nSPS) is 20.2. The number of halogens is 1. The molecule has 2 N–H and O–H groups in total. The Morgan fingerprint density at radius 3 is 2.45 bits per heavy atom. The molecule has 0 heterocycles. The summed E-state index contributed by atoms with van der Waals surface area (Å²) in [6.45, 7) is 8.27. The van der Waals surface area contributed by atoms with Crippen LogP contribution in [0.4, 0.5) is 9.18 Å². The van der Waals surface area contributed by atoms with Gasteiger partial charge in [0.2, 0.25) is 0 Å². The molecular weight excluding hydrogens is 259 g/mol. The lowest BCUT2D eigenvalue weighted by atomic mass is 9.86. The number of alkyl halides is 1. The first kappa shape index (κ1) is 17.2. The average molecular weight is 288 g/mol. The van der Waals surface area contributed by atoms with Crippen LogP contribution >= 0.6 is 0 Å². The second-order valence-electron chi connectivity index (χ2n) is 6.89. The van der Waals surface area contributed by atoms with Crippen LogP contribution in [0.15, 0.2) is 0 Å². The van der Waals surface area contributed by atoms with Crippen LogP contribution < -0.4 is 10.6 Å². The van der Waals surface area contributed by atoms with Crippen LogP contribution in [0.3, 0.4) is 0 Å². The van der Waals surface area contributed by atoms with E-state index in [0.29, 0.717) is 25.9 Å². The fraction of sp³-hybridized carbons (Fsp3) is 0.933. The third kappa shape index (κ3) is 7.08. The molecular formula is C15H29FN2O2. The summed E-state index contributed by atoms with van der Waals surface area (Å²) in [5, 5.41) is 5.86. The number of alkyl carbamates (subject to hydrolysis) is 1. The van der Waals surface area contributed by atoms with Crippen LogP contribution in [-0.4, -0.2) is 36.5 Å². The summed E-state index contributed by atoms with van der Waals surface area (Å²) in [7, 11) is 0. The van der Waals surface area contributed by atoms with Gasteiger partial charge < -0.3 is 15.4 Å². The first-order valence-corrected chi connectivity index (χ1v) is 7.59. The molecule has 5 heteroatoms. The van der Waals surface area contributed by atoms with Gasteiger partial charge in [0.1, 0.15) is 11.3 Å². The van der Waals surface area contributed by atoms with Crippen LogP contribution in [0.2, 0.25) is 0 Å². The number of nitrogens with one attached hydrogen (secondary N) is 2. The van der Waals surface area contributed by atoms with Gasteiger partial charge in [-0.15, -0.1) is 0 Å². The number of amides is 1. The highest BCUT2D eigenvalue weighted by Crippen LogP contribution is 2.30. The Morgan fingerprint density at radius 1 is 1.30 bits per heavy atom. The van der Waals surface area contributed by atoms with Crippen molar-refractivity contribution in [2.45, 2.75) is 77.1 Å². The van der Waals surface area contributed by atoms with Crippen molar-refractivity contribution in [3.05, 3.63) is 0 Å². The minimum atomic E-state index is -1.07. The van der Waals surface area contributed by atoms with Crippen molar-refractivity contribution in [3.8, 4) is 0 Å². The molecule has 0 radical (unpaired) electrons. The van der Waals surface area contributed by atoms with Crippen molar-refractivity contribution < 1.29 is 13.9 Å². The van der Waals surface area contributed by atoms with Gasteiger partial charge in [-0.1, -0.05) is 19.3 Å². The van der Waals surface area contributed by atoms with Gasteiger partial charge in [0.05, 0.1) is 0 Å². The van der Waals surface area contributed by atoms with Crippen molar-refractivity contribution in [2.75, 3.05) is 13.1 Å². The zero-order chi connectivity index (χ0) is 15.2. The second kappa shape index (κ2) is 7.25. The molecule has 118 valence electrons. The van der Waals surface area contributed by atoms with Gasteiger partial charge in [0, 0.05) is 19.1 Å². The topological polar surface area (TPSA) is 50.4 Å². The average Bonchev–Trinajstić information content (AvgIpc) is 2.26. The predicted octanol–water partition coefficient (Wildman–Crippen LogP) is 3.16. The number of ether oxygens (including phenoxy) is 1. The Kier molecular flexibility index (Phi) is 6.24. The van der Waals surface area contributed by atoms with Crippen molar-refractivity contribution in [1.29, 1.82) is 0 Å². The smallest absolute Gasteiger partial charge is 0.407 e. The van der Waals surface area contributed by atoms with Gasteiger partial charge in [0.25, 0.3) is 0 Å². The van der Waals surface area contributed by atoms with Crippen LogP contribution in [0.1, 0.15) is 59.8 Å². The molecule has 0 aliphatic heterocycles. The molecule has 0 aromatic rings. The number of carbonyl (C=O) groups is 1. The van der Waals surface area contributed by atoms with Crippen molar-refractivity contribution in [1.82, 2.24) is 10.6 Å². The van der Waals surface area contributed by atoms with E-state index in [1.54, 1.807) is 0 Å². The maximum absolute atomic E-state index is 14.3. The van der Waals surface area contributed by atoms with Crippen LogP contribution in [0.5, 0.6) is 0 Å². The van der Waals surface area contributed by atoms with E-state index in [0.717, 1.165) is 19.3 Å².